The SMILES string of the molecule is COc1cc(F)c2c(c1)[C@@]1(CCSC(N)=N1)c1cc(-c3cccnc3F)ccc1O2. The lowest BCUT2D eigenvalue weighted by Gasteiger charge is -2.39. The molecule has 1 aromatic heterocycles. The van der Waals surface area contributed by atoms with E-state index in [1.165, 1.54) is 31.1 Å². The van der Waals surface area contributed by atoms with Gasteiger partial charge in [-0.15, -0.1) is 0 Å². The normalized spacial score (nSPS) is 19.5. The minimum Gasteiger partial charge on any atom is -0.497 e. The fourth-order valence-corrected chi connectivity index (χ4v) is 4.86. The van der Waals surface area contributed by atoms with Gasteiger partial charge in [0.25, 0.3) is 0 Å². The van der Waals surface area contributed by atoms with Crippen LogP contribution in [0.25, 0.3) is 11.1 Å². The third kappa shape index (κ3) is 2.82. The number of nitrogens with two attached hydrogens (primary N) is 1. The summed E-state index contributed by atoms with van der Waals surface area (Å²) in [5.74, 6) is 0.509. The van der Waals surface area contributed by atoms with E-state index in [1.54, 1.807) is 30.3 Å². The summed E-state index contributed by atoms with van der Waals surface area (Å²) >= 11 is 1.44. The van der Waals surface area contributed by atoms with E-state index in [9.17, 15) is 8.78 Å². The van der Waals surface area contributed by atoms with E-state index in [0.29, 0.717) is 51.1 Å². The van der Waals surface area contributed by atoms with Crippen LogP contribution in [-0.4, -0.2) is 23.0 Å². The molecule has 0 saturated heterocycles. The molecule has 1 atom stereocenters. The van der Waals surface area contributed by atoms with Gasteiger partial charge in [-0.25, -0.2) is 14.4 Å². The van der Waals surface area contributed by atoms with Gasteiger partial charge in [0.1, 0.15) is 17.0 Å². The largest absolute Gasteiger partial charge is 0.497 e. The number of methoxy groups -OCH3 is 1. The zero-order valence-corrected chi connectivity index (χ0v) is 16.8. The standard InChI is InChI=1S/C22H17F2N3O2S/c1-28-13-10-16-19(17(23)11-13)29-18-5-4-12(14-3-2-7-26-20(14)24)9-15(18)22(16)6-8-30-21(25)27-22/h2-5,7,9-11H,6,8H2,1H3,(H2,25,27)/t22-/m1/s1. The number of aromatic nitrogens is 1. The van der Waals surface area contributed by atoms with Gasteiger partial charge in [-0.1, -0.05) is 17.8 Å². The number of thioether (sulfide) groups is 1. The summed E-state index contributed by atoms with van der Waals surface area (Å²) in [6.07, 6.45) is 1.98. The highest BCUT2D eigenvalue weighted by Gasteiger charge is 2.45. The predicted octanol–water partition coefficient (Wildman–Crippen LogP) is 4.84. The van der Waals surface area contributed by atoms with Crippen LogP contribution in [0.4, 0.5) is 8.78 Å². The van der Waals surface area contributed by atoms with Gasteiger partial charge in [0.05, 0.1) is 7.11 Å². The van der Waals surface area contributed by atoms with E-state index in [4.69, 9.17) is 20.2 Å². The molecule has 0 amide bonds. The highest BCUT2D eigenvalue weighted by atomic mass is 32.2. The number of ether oxygens (including phenoxy) is 2. The fraction of sp³-hybridized carbons (Fsp3) is 0.182. The van der Waals surface area contributed by atoms with Gasteiger partial charge >= 0.3 is 0 Å². The molecular weight excluding hydrogens is 408 g/mol. The second-order valence-electron chi connectivity index (χ2n) is 7.05. The lowest BCUT2D eigenvalue weighted by atomic mass is 9.77. The molecule has 0 bridgehead atoms. The molecule has 0 radical (unpaired) electrons. The average molecular weight is 425 g/mol. The topological polar surface area (TPSA) is 69.7 Å². The summed E-state index contributed by atoms with van der Waals surface area (Å²) in [7, 11) is 1.48. The van der Waals surface area contributed by atoms with Crippen molar-refractivity contribution >= 4 is 16.9 Å². The van der Waals surface area contributed by atoms with Crippen LogP contribution in [0.2, 0.25) is 0 Å². The van der Waals surface area contributed by atoms with E-state index < -0.39 is 17.3 Å². The number of fused-ring (bicyclic) bond motifs is 4. The van der Waals surface area contributed by atoms with Gasteiger partial charge in [-0.3, -0.25) is 0 Å². The van der Waals surface area contributed by atoms with Crippen molar-refractivity contribution in [1.29, 1.82) is 0 Å². The maximum absolute atomic E-state index is 14.9. The highest BCUT2D eigenvalue weighted by Crippen LogP contribution is 2.55. The molecule has 0 unspecified atom stereocenters. The molecule has 8 heteroatoms. The van der Waals surface area contributed by atoms with Crippen molar-refractivity contribution in [3.63, 3.8) is 0 Å². The van der Waals surface area contributed by atoms with E-state index in [-0.39, 0.29) is 5.75 Å². The van der Waals surface area contributed by atoms with Crippen molar-refractivity contribution in [1.82, 2.24) is 4.98 Å². The minimum absolute atomic E-state index is 0.104. The minimum atomic E-state index is -0.956. The lowest BCUT2D eigenvalue weighted by Crippen LogP contribution is -2.35. The molecule has 5 nitrogen and oxygen atoms in total. The number of hydrogen-bond acceptors (Lipinski definition) is 6. The fourth-order valence-electron chi connectivity index (χ4n) is 4.03. The van der Waals surface area contributed by atoms with E-state index >= 15 is 0 Å². The molecular formula is C22H17F2N3O2S. The first kappa shape index (κ1) is 18.9. The quantitative estimate of drug-likeness (QED) is 0.595. The van der Waals surface area contributed by atoms with Crippen LogP contribution >= 0.6 is 11.8 Å². The number of nitrogens with zero attached hydrogens (tertiary/aromatic N) is 2. The van der Waals surface area contributed by atoms with Crippen LogP contribution in [0.15, 0.2) is 53.7 Å². The Morgan fingerprint density at radius 1 is 1.17 bits per heavy atom. The molecule has 152 valence electrons. The van der Waals surface area contributed by atoms with Crippen LogP contribution in [-0.2, 0) is 5.54 Å². The first-order chi connectivity index (χ1) is 14.5. The lowest BCUT2D eigenvalue weighted by molar-refractivity contribution is 0.359. The third-order valence-electron chi connectivity index (χ3n) is 5.42. The Kier molecular flexibility index (Phi) is 4.39. The van der Waals surface area contributed by atoms with Crippen molar-refractivity contribution in [2.24, 2.45) is 10.7 Å². The zero-order chi connectivity index (χ0) is 20.9. The van der Waals surface area contributed by atoms with Gasteiger partial charge in [0.15, 0.2) is 16.7 Å². The Balaban J connectivity index is 1.79. The molecule has 30 heavy (non-hydrogen) atoms. The summed E-state index contributed by atoms with van der Waals surface area (Å²) < 4.78 is 40.4. The molecule has 0 saturated carbocycles. The van der Waals surface area contributed by atoms with E-state index in [0.717, 1.165) is 0 Å². The van der Waals surface area contributed by atoms with Crippen molar-refractivity contribution in [3.05, 3.63) is 71.6 Å². The molecule has 2 aliphatic heterocycles. The predicted molar refractivity (Wildman–Crippen MR) is 112 cm³/mol. The van der Waals surface area contributed by atoms with Crippen LogP contribution in [0.3, 0.4) is 0 Å². The number of benzene rings is 2. The third-order valence-corrected chi connectivity index (χ3v) is 6.22. The van der Waals surface area contributed by atoms with Crippen LogP contribution in [0.5, 0.6) is 17.2 Å². The van der Waals surface area contributed by atoms with Gasteiger partial charge in [-0.2, -0.15) is 4.39 Å². The van der Waals surface area contributed by atoms with E-state index in [1.807, 2.05) is 6.07 Å². The Bertz CT molecular complexity index is 1200. The monoisotopic (exact) mass is 425 g/mol. The molecule has 0 aliphatic carbocycles. The van der Waals surface area contributed by atoms with Gasteiger partial charge in [0.2, 0.25) is 5.95 Å². The van der Waals surface area contributed by atoms with Crippen molar-refractivity contribution < 1.29 is 18.3 Å². The molecule has 1 spiro atoms. The molecule has 2 N–H and O–H groups in total. The zero-order valence-electron chi connectivity index (χ0n) is 16.0. The molecule has 2 aliphatic rings. The Morgan fingerprint density at radius 3 is 2.80 bits per heavy atom. The summed E-state index contributed by atoms with van der Waals surface area (Å²) in [5, 5.41) is 0.404. The van der Waals surface area contributed by atoms with Gasteiger partial charge < -0.3 is 15.2 Å². The number of amidine groups is 1. The van der Waals surface area contributed by atoms with Gasteiger partial charge in [-0.05, 0) is 42.3 Å². The number of pyridine rings is 1. The van der Waals surface area contributed by atoms with Crippen LogP contribution in [0.1, 0.15) is 17.5 Å². The number of rotatable bonds is 2. The first-order valence-corrected chi connectivity index (χ1v) is 10.3. The Labute approximate surface area is 175 Å². The maximum Gasteiger partial charge on any atom is 0.220 e. The van der Waals surface area contributed by atoms with Crippen molar-refractivity contribution in [2.75, 3.05) is 12.9 Å². The molecule has 5 rings (SSSR count). The smallest absolute Gasteiger partial charge is 0.220 e. The Hall–Kier alpha value is -3.13. The Morgan fingerprint density at radius 2 is 2.03 bits per heavy atom. The number of halogens is 2. The first-order valence-electron chi connectivity index (χ1n) is 9.31. The molecule has 2 aromatic carbocycles. The number of hydrogen-bond donors (Lipinski definition) is 1. The van der Waals surface area contributed by atoms with Crippen LogP contribution in [0, 0.1) is 11.8 Å². The van der Waals surface area contributed by atoms with Crippen LogP contribution < -0.4 is 15.2 Å². The average Bonchev–Trinajstić information content (AvgIpc) is 2.75. The highest BCUT2D eigenvalue weighted by molar-refractivity contribution is 8.13. The number of aliphatic imine (C=N–C) groups is 1. The second-order valence-corrected chi connectivity index (χ2v) is 8.16. The summed E-state index contributed by atoms with van der Waals surface area (Å²) in [4.78, 5) is 8.51. The van der Waals surface area contributed by atoms with E-state index in [2.05, 4.69) is 4.98 Å². The molecule has 3 aromatic rings. The van der Waals surface area contributed by atoms with Crippen molar-refractivity contribution in [2.45, 2.75) is 12.0 Å². The summed E-state index contributed by atoms with van der Waals surface area (Å²) in [6.45, 7) is 0. The van der Waals surface area contributed by atoms with Gasteiger partial charge in [0, 0.05) is 34.7 Å². The summed E-state index contributed by atoms with van der Waals surface area (Å²) in [6, 6.07) is 11.6. The summed E-state index contributed by atoms with van der Waals surface area (Å²) in [5.41, 5.74) is 7.39. The molecule has 3 heterocycles. The van der Waals surface area contributed by atoms with Crippen molar-refractivity contribution in [3.8, 4) is 28.4 Å². The second kappa shape index (κ2) is 6.98. The maximum atomic E-state index is 14.9. The molecule has 0 fully saturated rings.